The number of nitrogens with one attached hydrogen (secondary N) is 2. The Labute approximate surface area is 217 Å². The Hall–Kier alpha value is -4.11. The summed E-state index contributed by atoms with van der Waals surface area (Å²) < 4.78 is 79.9. The number of alkyl halides is 6. The number of hydrogen-bond acceptors (Lipinski definition) is 7. The summed E-state index contributed by atoms with van der Waals surface area (Å²) in [6, 6.07) is 1.06. The molecule has 0 saturated carbocycles. The van der Waals surface area contributed by atoms with Gasteiger partial charge in [-0.15, -0.1) is 0 Å². The van der Waals surface area contributed by atoms with Gasteiger partial charge in [0.1, 0.15) is 5.56 Å². The first-order valence-electron chi connectivity index (χ1n) is 11.8. The molecule has 1 atom stereocenters. The van der Waals surface area contributed by atoms with Crippen molar-refractivity contribution in [3.05, 3.63) is 63.6 Å². The quantitative estimate of drug-likeness (QED) is 0.447. The van der Waals surface area contributed by atoms with Gasteiger partial charge >= 0.3 is 12.4 Å². The fraction of sp³-hybridized carbons (Fsp3) is 0.435. The molecule has 1 amide bonds. The number of halogens is 6. The highest BCUT2D eigenvalue weighted by atomic mass is 19.4. The van der Waals surface area contributed by atoms with Crippen LogP contribution in [0, 0.1) is 6.92 Å². The Balaban J connectivity index is 1.38. The van der Waals surface area contributed by atoms with Crippen LogP contribution in [-0.4, -0.2) is 67.8 Å². The molecule has 0 aromatic carbocycles. The van der Waals surface area contributed by atoms with Crippen molar-refractivity contribution in [2.75, 3.05) is 36.4 Å². The molecule has 4 heterocycles. The van der Waals surface area contributed by atoms with Crippen LogP contribution in [0.4, 0.5) is 38.0 Å². The molecule has 0 spiro atoms. The van der Waals surface area contributed by atoms with Crippen LogP contribution < -0.4 is 15.8 Å². The van der Waals surface area contributed by atoms with E-state index in [1.54, 1.807) is 45.6 Å². The lowest BCUT2D eigenvalue weighted by Gasteiger charge is -2.34. The summed E-state index contributed by atoms with van der Waals surface area (Å²) in [5.41, 5.74) is -3.10. The highest BCUT2D eigenvalue weighted by molar-refractivity contribution is 5.95. The zero-order valence-electron chi connectivity index (χ0n) is 20.8. The topological polar surface area (TPSA) is 112 Å². The van der Waals surface area contributed by atoms with E-state index in [0.29, 0.717) is 37.4 Å². The summed E-state index contributed by atoms with van der Waals surface area (Å²) in [5.74, 6) is -0.110. The van der Waals surface area contributed by atoms with Crippen molar-refractivity contribution in [2.45, 2.75) is 38.8 Å². The zero-order chi connectivity index (χ0) is 28.5. The van der Waals surface area contributed by atoms with Gasteiger partial charge < -0.3 is 19.7 Å². The van der Waals surface area contributed by atoms with Gasteiger partial charge in [-0.3, -0.25) is 9.59 Å². The van der Waals surface area contributed by atoms with Gasteiger partial charge in [0, 0.05) is 63.1 Å². The molecule has 2 N–H and O–H groups in total. The molecule has 16 heteroatoms. The molecule has 0 radical (unpaired) electrons. The van der Waals surface area contributed by atoms with Gasteiger partial charge in [0.05, 0.1) is 23.0 Å². The maximum Gasteiger partial charge on any atom is 0.423 e. The van der Waals surface area contributed by atoms with Gasteiger partial charge in [-0.05, 0) is 19.9 Å². The van der Waals surface area contributed by atoms with Crippen LogP contribution >= 0.6 is 0 Å². The molecule has 1 saturated heterocycles. The van der Waals surface area contributed by atoms with E-state index < -0.39 is 40.8 Å². The molecule has 1 fully saturated rings. The smallest absolute Gasteiger partial charge is 0.379 e. The predicted octanol–water partition coefficient (Wildman–Crippen LogP) is 3.17. The van der Waals surface area contributed by atoms with E-state index in [4.69, 9.17) is 0 Å². The minimum absolute atomic E-state index is 0.142. The molecular weight excluding hydrogens is 534 g/mol. The lowest BCUT2D eigenvalue weighted by atomic mass is 10.2. The molecular formula is C23H24F6N8O2. The Morgan fingerprint density at radius 1 is 1.05 bits per heavy atom. The lowest BCUT2D eigenvalue weighted by molar-refractivity contribution is -0.139. The second kappa shape index (κ2) is 10.6. The average molecular weight is 558 g/mol. The molecule has 1 aliphatic heterocycles. The largest absolute Gasteiger partial charge is 0.423 e. The summed E-state index contributed by atoms with van der Waals surface area (Å²) in [6.07, 6.45) is -5.42. The number of nitrogens with zero attached hydrogens (tertiary/aromatic N) is 6. The average Bonchev–Trinajstić information content (AvgIpc) is 3.22. The lowest BCUT2D eigenvalue weighted by Crippen LogP contribution is -2.49. The maximum atomic E-state index is 13.3. The van der Waals surface area contributed by atoms with E-state index in [0.717, 1.165) is 18.6 Å². The number of carbonyl (C=O) groups excluding carboxylic acids is 1. The molecule has 3 aromatic rings. The summed E-state index contributed by atoms with van der Waals surface area (Å²) in [5, 5.41) is 7.89. The molecule has 0 aliphatic carbocycles. The minimum atomic E-state index is -4.87. The van der Waals surface area contributed by atoms with Gasteiger partial charge in [0.2, 0.25) is 5.95 Å². The van der Waals surface area contributed by atoms with Crippen molar-refractivity contribution < 1.29 is 31.1 Å². The highest BCUT2D eigenvalue weighted by Gasteiger charge is 2.37. The van der Waals surface area contributed by atoms with Crippen molar-refractivity contribution in [3.8, 4) is 0 Å². The van der Waals surface area contributed by atoms with Crippen LogP contribution in [0.3, 0.4) is 0 Å². The predicted molar refractivity (Wildman–Crippen MR) is 127 cm³/mol. The van der Waals surface area contributed by atoms with Crippen LogP contribution in [0.2, 0.25) is 0 Å². The number of rotatable bonds is 6. The fourth-order valence-electron chi connectivity index (χ4n) is 4.28. The number of amides is 1. The Bertz CT molecular complexity index is 1370. The first kappa shape index (κ1) is 27.9. The second-order valence-electron chi connectivity index (χ2n) is 9.05. The van der Waals surface area contributed by atoms with Crippen LogP contribution in [0.5, 0.6) is 0 Å². The van der Waals surface area contributed by atoms with Gasteiger partial charge in [0.25, 0.3) is 11.5 Å². The summed E-state index contributed by atoms with van der Waals surface area (Å²) in [6.45, 7) is 4.77. The number of piperazine rings is 1. The number of carbonyl (C=O) groups is 1. The van der Waals surface area contributed by atoms with Crippen molar-refractivity contribution in [3.63, 3.8) is 0 Å². The number of aromatic amines is 1. The van der Waals surface area contributed by atoms with Crippen LogP contribution in [0.15, 0.2) is 35.6 Å². The first-order valence-corrected chi connectivity index (χ1v) is 11.8. The van der Waals surface area contributed by atoms with E-state index in [2.05, 4.69) is 20.4 Å². The number of aromatic nitrogens is 5. The molecule has 10 nitrogen and oxygen atoms in total. The standard InChI is InChI=1S/C23H24F6N8O2/c1-13(33-17-11-32-34-19(38)18(17)23(27,28)29)12-37-4-3-16(14(37)2)20(39)35-5-7-36(8-6-35)21-30-9-15(10-31-21)22(24,25)26/h3-4,9-11,13H,5-8,12H2,1-2H3,(H2,33,34,38)/t13-/m0/s1. The number of hydrogen-bond donors (Lipinski definition) is 2. The molecule has 0 bridgehead atoms. The van der Waals surface area contributed by atoms with Gasteiger partial charge in [-0.1, -0.05) is 0 Å². The van der Waals surface area contributed by atoms with Crippen LogP contribution in [-0.2, 0) is 18.9 Å². The van der Waals surface area contributed by atoms with Crippen LogP contribution in [0.25, 0.3) is 0 Å². The number of H-pyrrole nitrogens is 1. The third-order valence-corrected chi connectivity index (χ3v) is 6.30. The molecule has 4 rings (SSSR count). The fourth-order valence-corrected chi connectivity index (χ4v) is 4.28. The molecule has 3 aromatic heterocycles. The molecule has 39 heavy (non-hydrogen) atoms. The molecule has 0 unspecified atom stereocenters. The van der Waals surface area contributed by atoms with Crippen molar-refractivity contribution in [1.82, 2.24) is 29.6 Å². The normalized spacial score (nSPS) is 15.4. The first-order chi connectivity index (χ1) is 18.3. The van der Waals surface area contributed by atoms with Crippen LogP contribution in [0.1, 0.15) is 34.1 Å². The van der Waals surface area contributed by atoms with Crippen molar-refractivity contribution >= 4 is 17.5 Å². The summed E-state index contributed by atoms with van der Waals surface area (Å²) >= 11 is 0. The molecule has 210 valence electrons. The molecule has 1 aliphatic rings. The minimum Gasteiger partial charge on any atom is -0.379 e. The zero-order valence-corrected chi connectivity index (χ0v) is 20.8. The maximum absolute atomic E-state index is 13.3. The van der Waals surface area contributed by atoms with E-state index in [1.807, 2.05) is 0 Å². The Morgan fingerprint density at radius 3 is 2.28 bits per heavy atom. The Kier molecular flexibility index (Phi) is 7.57. The summed E-state index contributed by atoms with van der Waals surface area (Å²) in [4.78, 5) is 35.7. The van der Waals surface area contributed by atoms with Gasteiger partial charge in [0.15, 0.2) is 0 Å². The van der Waals surface area contributed by atoms with E-state index in [1.165, 1.54) is 0 Å². The highest BCUT2D eigenvalue weighted by Crippen LogP contribution is 2.32. The third-order valence-electron chi connectivity index (χ3n) is 6.30. The SMILES string of the molecule is Cc1c(C(=O)N2CCN(c3ncc(C(F)(F)F)cn3)CC2)ccn1C[C@H](C)Nc1cn[nH]c(=O)c1C(F)(F)F. The number of anilines is 2. The van der Waals surface area contributed by atoms with Crippen molar-refractivity contribution in [2.24, 2.45) is 0 Å². The van der Waals surface area contributed by atoms with Gasteiger partial charge in [-0.2, -0.15) is 31.4 Å². The van der Waals surface area contributed by atoms with E-state index in [9.17, 15) is 35.9 Å². The van der Waals surface area contributed by atoms with Crippen molar-refractivity contribution in [1.29, 1.82) is 0 Å². The monoisotopic (exact) mass is 558 g/mol. The van der Waals surface area contributed by atoms with E-state index >= 15 is 0 Å². The Morgan fingerprint density at radius 2 is 1.69 bits per heavy atom. The second-order valence-corrected chi connectivity index (χ2v) is 9.05. The van der Waals surface area contributed by atoms with Gasteiger partial charge in [-0.25, -0.2) is 15.1 Å². The van der Waals surface area contributed by atoms with E-state index in [-0.39, 0.29) is 18.4 Å². The summed E-state index contributed by atoms with van der Waals surface area (Å²) in [7, 11) is 0. The third kappa shape index (κ3) is 6.15.